The number of nitrogens with two attached hydrogens (primary N) is 2. The summed E-state index contributed by atoms with van der Waals surface area (Å²) in [6.07, 6.45) is 8.58. The molecule has 2 aromatic rings. The van der Waals surface area contributed by atoms with E-state index in [-0.39, 0.29) is 23.2 Å². The van der Waals surface area contributed by atoms with Gasteiger partial charge in [-0.15, -0.1) is 0 Å². The highest BCUT2D eigenvalue weighted by Crippen LogP contribution is 2.40. The van der Waals surface area contributed by atoms with Gasteiger partial charge in [-0.2, -0.15) is 0 Å². The second kappa shape index (κ2) is 8.97. The Kier molecular flexibility index (Phi) is 6.41. The number of primary amides is 1. The van der Waals surface area contributed by atoms with E-state index < -0.39 is 11.7 Å². The van der Waals surface area contributed by atoms with Crippen molar-refractivity contribution in [2.45, 2.75) is 51.0 Å². The van der Waals surface area contributed by atoms with Gasteiger partial charge in [0.05, 0.1) is 17.4 Å². The Morgan fingerprint density at radius 1 is 1.32 bits per heavy atom. The molecule has 6 N–H and O–H groups in total. The van der Waals surface area contributed by atoms with Gasteiger partial charge in [-0.3, -0.25) is 9.78 Å². The van der Waals surface area contributed by atoms with Crippen molar-refractivity contribution in [1.82, 2.24) is 9.97 Å². The zero-order valence-electron chi connectivity index (χ0n) is 16.0. The number of hydrogen-bond donors (Lipinski definition) is 4. The first-order chi connectivity index (χ1) is 13.5. The van der Waals surface area contributed by atoms with Gasteiger partial charge in [-0.1, -0.05) is 19.8 Å². The molecule has 1 saturated carbocycles. The third kappa shape index (κ3) is 4.95. The van der Waals surface area contributed by atoms with Crippen LogP contribution >= 0.6 is 0 Å². The molecule has 1 atom stereocenters. The molecule has 1 aliphatic carbocycles. The van der Waals surface area contributed by atoms with E-state index in [2.05, 4.69) is 27.5 Å². The average Bonchev–Trinajstić information content (AvgIpc) is 3.52. The van der Waals surface area contributed by atoms with Gasteiger partial charge in [-0.05, 0) is 42.9 Å². The van der Waals surface area contributed by atoms with Crippen molar-refractivity contribution in [2.75, 3.05) is 17.2 Å². The summed E-state index contributed by atoms with van der Waals surface area (Å²) in [7, 11) is 0. The van der Waals surface area contributed by atoms with Gasteiger partial charge in [0.25, 0.3) is 5.91 Å². The largest absolute Gasteiger partial charge is 0.365 e. The van der Waals surface area contributed by atoms with Crippen LogP contribution in [-0.2, 0) is 0 Å². The van der Waals surface area contributed by atoms with Crippen molar-refractivity contribution in [3.05, 3.63) is 41.5 Å². The number of rotatable bonds is 10. The summed E-state index contributed by atoms with van der Waals surface area (Å²) in [6, 6.07) is 2.97. The topological polar surface area (TPSA) is 119 Å². The molecule has 28 heavy (non-hydrogen) atoms. The predicted octanol–water partition coefficient (Wildman–Crippen LogP) is 3.27. The zero-order valence-corrected chi connectivity index (χ0v) is 16.0. The van der Waals surface area contributed by atoms with Crippen molar-refractivity contribution < 1.29 is 9.18 Å². The van der Waals surface area contributed by atoms with Gasteiger partial charge in [0.2, 0.25) is 0 Å². The van der Waals surface area contributed by atoms with Crippen molar-refractivity contribution >= 4 is 23.2 Å². The number of carbonyl (C=O) groups excluding carboxylic acids is 1. The van der Waals surface area contributed by atoms with Gasteiger partial charge in [0.15, 0.2) is 11.6 Å². The zero-order chi connectivity index (χ0) is 20.1. The minimum Gasteiger partial charge on any atom is -0.365 e. The highest BCUT2D eigenvalue weighted by Gasteiger charge is 2.24. The molecule has 0 bridgehead atoms. The van der Waals surface area contributed by atoms with Crippen molar-refractivity contribution in [2.24, 2.45) is 11.5 Å². The summed E-state index contributed by atoms with van der Waals surface area (Å²) in [5, 5.41) is 6.11. The summed E-state index contributed by atoms with van der Waals surface area (Å²) in [5.74, 6) is -0.623. The number of anilines is 3. The Balaban J connectivity index is 1.87. The molecule has 1 amide bonds. The first kappa shape index (κ1) is 20.0. The normalized spacial score (nSPS) is 14.5. The van der Waals surface area contributed by atoms with E-state index in [1.54, 1.807) is 6.20 Å². The molecule has 0 saturated heterocycles. The molecule has 1 unspecified atom stereocenters. The van der Waals surface area contributed by atoms with Crippen LogP contribution in [0.5, 0.6) is 0 Å². The number of pyridine rings is 2. The molecule has 7 nitrogen and oxygen atoms in total. The van der Waals surface area contributed by atoms with Gasteiger partial charge < -0.3 is 22.1 Å². The standard InChI is InChI=1S/C20H27FN6O/c1-2-3-4-14(9-22)25-20-17(21)8-16(18(23)28)19(27-20)26-15-7-13(10-24-11-15)12-5-6-12/h7-8,10-12,14H,2-6,9,22H2,1H3,(H2,23,28)(H2,25,26,27). The molecule has 150 valence electrons. The molecule has 8 heteroatoms. The molecule has 0 aliphatic heterocycles. The summed E-state index contributed by atoms with van der Waals surface area (Å²) in [5.41, 5.74) is 13.0. The quantitative estimate of drug-likeness (QED) is 0.498. The second-order valence-electron chi connectivity index (χ2n) is 7.20. The van der Waals surface area contributed by atoms with E-state index in [1.807, 2.05) is 12.3 Å². The minimum atomic E-state index is -0.756. The van der Waals surface area contributed by atoms with Crippen molar-refractivity contribution in [3.63, 3.8) is 0 Å². The lowest BCUT2D eigenvalue weighted by Gasteiger charge is -2.19. The fraction of sp³-hybridized carbons (Fsp3) is 0.450. The van der Waals surface area contributed by atoms with E-state index in [0.717, 1.165) is 43.7 Å². The van der Waals surface area contributed by atoms with Crippen LogP contribution in [0.2, 0.25) is 0 Å². The second-order valence-corrected chi connectivity index (χ2v) is 7.20. The van der Waals surface area contributed by atoms with Crippen molar-refractivity contribution in [1.29, 1.82) is 0 Å². The fourth-order valence-corrected chi connectivity index (χ4v) is 3.07. The Labute approximate surface area is 164 Å². The van der Waals surface area contributed by atoms with Gasteiger partial charge in [0, 0.05) is 18.8 Å². The van der Waals surface area contributed by atoms with E-state index in [9.17, 15) is 9.18 Å². The molecule has 3 rings (SSSR count). The van der Waals surface area contributed by atoms with E-state index in [1.165, 1.54) is 0 Å². The highest BCUT2D eigenvalue weighted by molar-refractivity contribution is 5.98. The third-order valence-corrected chi connectivity index (χ3v) is 4.84. The predicted molar refractivity (Wildman–Crippen MR) is 108 cm³/mol. The van der Waals surface area contributed by atoms with Crippen molar-refractivity contribution in [3.8, 4) is 0 Å². The van der Waals surface area contributed by atoms with Gasteiger partial charge in [-0.25, -0.2) is 9.37 Å². The first-order valence-corrected chi connectivity index (χ1v) is 9.70. The number of nitrogens with zero attached hydrogens (tertiary/aromatic N) is 2. The number of unbranched alkanes of at least 4 members (excludes halogenated alkanes) is 1. The number of halogens is 1. The summed E-state index contributed by atoms with van der Waals surface area (Å²) < 4.78 is 14.5. The van der Waals surface area contributed by atoms with Crippen LogP contribution in [0.3, 0.4) is 0 Å². The molecular formula is C20H27FN6O. The lowest BCUT2D eigenvalue weighted by molar-refractivity contribution is 0.100. The number of nitrogens with one attached hydrogen (secondary N) is 2. The monoisotopic (exact) mass is 386 g/mol. The Morgan fingerprint density at radius 2 is 2.11 bits per heavy atom. The Bertz CT molecular complexity index is 839. The summed E-state index contributed by atoms with van der Waals surface area (Å²) in [6.45, 7) is 2.44. The van der Waals surface area contributed by atoms with E-state index in [4.69, 9.17) is 11.5 Å². The number of hydrogen-bond acceptors (Lipinski definition) is 6. The molecule has 1 fully saturated rings. The van der Waals surface area contributed by atoms with Crippen LogP contribution in [0.1, 0.15) is 60.9 Å². The highest BCUT2D eigenvalue weighted by atomic mass is 19.1. The Morgan fingerprint density at radius 3 is 2.75 bits per heavy atom. The van der Waals surface area contributed by atoms with Crippen LogP contribution in [0.25, 0.3) is 0 Å². The maximum atomic E-state index is 14.5. The van der Waals surface area contributed by atoms with Crippen LogP contribution in [-0.4, -0.2) is 28.5 Å². The molecule has 0 spiro atoms. The Hall–Kier alpha value is -2.74. The minimum absolute atomic E-state index is 0.0160. The molecule has 0 aromatic carbocycles. The van der Waals surface area contributed by atoms with Crippen LogP contribution in [0.15, 0.2) is 24.5 Å². The first-order valence-electron chi connectivity index (χ1n) is 9.70. The molecule has 2 aromatic heterocycles. The summed E-state index contributed by atoms with van der Waals surface area (Å²) in [4.78, 5) is 20.3. The lowest BCUT2D eigenvalue weighted by atomic mass is 10.1. The maximum Gasteiger partial charge on any atom is 0.252 e. The SMILES string of the molecule is CCCCC(CN)Nc1nc(Nc2cncc(C3CC3)c2)c(C(N)=O)cc1F. The summed E-state index contributed by atoms with van der Waals surface area (Å²) >= 11 is 0. The van der Waals surface area contributed by atoms with E-state index >= 15 is 0 Å². The third-order valence-electron chi connectivity index (χ3n) is 4.84. The lowest BCUT2D eigenvalue weighted by Crippen LogP contribution is -2.30. The molecular weight excluding hydrogens is 359 g/mol. The van der Waals surface area contributed by atoms with Crippen LogP contribution < -0.4 is 22.1 Å². The number of carbonyl (C=O) groups is 1. The number of aromatic nitrogens is 2. The molecule has 0 radical (unpaired) electrons. The van der Waals surface area contributed by atoms with Crippen LogP contribution in [0.4, 0.5) is 21.7 Å². The maximum absolute atomic E-state index is 14.5. The molecule has 2 heterocycles. The van der Waals surface area contributed by atoms with Gasteiger partial charge in [0.1, 0.15) is 5.82 Å². The number of amides is 1. The van der Waals surface area contributed by atoms with Crippen LogP contribution in [0, 0.1) is 5.82 Å². The van der Waals surface area contributed by atoms with Gasteiger partial charge >= 0.3 is 0 Å². The molecule has 1 aliphatic rings. The average molecular weight is 386 g/mol. The fourth-order valence-electron chi connectivity index (χ4n) is 3.07. The van der Waals surface area contributed by atoms with E-state index in [0.29, 0.717) is 18.2 Å². The smallest absolute Gasteiger partial charge is 0.252 e.